The lowest BCUT2D eigenvalue weighted by molar-refractivity contribution is 0.368. The quantitative estimate of drug-likeness (QED) is 0.576. The molecule has 0 aliphatic carbocycles. The minimum Gasteiger partial charge on any atom is -0.459 e. The van der Waals surface area contributed by atoms with Crippen LogP contribution in [0.1, 0.15) is 5.76 Å². The van der Waals surface area contributed by atoms with E-state index in [2.05, 4.69) is 42.2 Å². The summed E-state index contributed by atoms with van der Waals surface area (Å²) in [5.41, 5.74) is 0.913. The average molecular weight is 350 g/mol. The first kappa shape index (κ1) is 16.4. The highest BCUT2D eigenvalue weighted by Crippen LogP contribution is 2.18. The summed E-state index contributed by atoms with van der Waals surface area (Å²) >= 11 is 0. The van der Waals surface area contributed by atoms with E-state index in [0.29, 0.717) is 6.54 Å². The lowest BCUT2D eigenvalue weighted by Gasteiger charge is -2.36. The maximum Gasteiger partial charge on any atom is 0.225 e. The number of fused-ring (bicyclic) bond motifs is 1. The molecule has 0 atom stereocenters. The van der Waals surface area contributed by atoms with Crippen LogP contribution < -0.4 is 10.2 Å². The number of hydrogen-bond donors (Lipinski definition) is 1. The molecule has 7 nitrogen and oxygen atoms in total. The van der Waals surface area contributed by atoms with E-state index in [1.807, 2.05) is 31.3 Å². The molecule has 0 saturated carbocycles. The van der Waals surface area contributed by atoms with E-state index in [0.717, 1.165) is 54.8 Å². The molecule has 26 heavy (non-hydrogen) atoms. The molecule has 0 unspecified atom stereocenters. The SMILES string of the molecule is CN=C(NCc1cc2ccccc2o1)N1CCN(c2ncccn2)CC1. The van der Waals surface area contributed by atoms with Gasteiger partial charge in [0, 0.05) is 51.0 Å². The smallest absolute Gasteiger partial charge is 0.225 e. The Bertz CT molecular complexity index is 850. The summed E-state index contributed by atoms with van der Waals surface area (Å²) in [6, 6.07) is 12.0. The summed E-state index contributed by atoms with van der Waals surface area (Å²) < 4.78 is 5.86. The maximum absolute atomic E-state index is 5.86. The molecule has 134 valence electrons. The van der Waals surface area contributed by atoms with E-state index in [1.54, 1.807) is 12.4 Å². The van der Waals surface area contributed by atoms with Gasteiger partial charge in [-0.05, 0) is 18.2 Å². The van der Waals surface area contributed by atoms with E-state index in [1.165, 1.54) is 0 Å². The van der Waals surface area contributed by atoms with Gasteiger partial charge in [-0.2, -0.15) is 0 Å². The van der Waals surface area contributed by atoms with Crippen molar-refractivity contribution in [2.24, 2.45) is 4.99 Å². The van der Waals surface area contributed by atoms with Crippen molar-refractivity contribution in [3.8, 4) is 0 Å². The van der Waals surface area contributed by atoms with Crippen molar-refractivity contribution in [3.05, 3.63) is 54.6 Å². The highest BCUT2D eigenvalue weighted by Gasteiger charge is 2.21. The first-order chi connectivity index (χ1) is 12.8. The van der Waals surface area contributed by atoms with Crippen molar-refractivity contribution in [2.75, 3.05) is 38.1 Å². The summed E-state index contributed by atoms with van der Waals surface area (Å²) in [5.74, 6) is 2.58. The Morgan fingerprint density at radius 1 is 1.12 bits per heavy atom. The van der Waals surface area contributed by atoms with Gasteiger partial charge in [-0.1, -0.05) is 18.2 Å². The summed E-state index contributed by atoms with van der Waals surface area (Å²) in [7, 11) is 1.81. The monoisotopic (exact) mass is 350 g/mol. The molecule has 1 N–H and O–H groups in total. The average Bonchev–Trinajstić information content (AvgIpc) is 3.12. The van der Waals surface area contributed by atoms with Crippen LogP contribution in [0.25, 0.3) is 11.0 Å². The molecule has 4 rings (SSSR count). The first-order valence-electron chi connectivity index (χ1n) is 8.78. The number of anilines is 1. The number of aromatic nitrogens is 2. The molecule has 0 radical (unpaired) electrons. The third-order valence-electron chi connectivity index (χ3n) is 4.52. The van der Waals surface area contributed by atoms with Crippen LogP contribution in [0, 0.1) is 0 Å². The van der Waals surface area contributed by atoms with Gasteiger partial charge in [0.05, 0.1) is 6.54 Å². The number of benzene rings is 1. The number of rotatable bonds is 3. The van der Waals surface area contributed by atoms with Gasteiger partial charge in [-0.15, -0.1) is 0 Å². The Hall–Kier alpha value is -3.09. The van der Waals surface area contributed by atoms with E-state index in [4.69, 9.17) is 4.42 Å². The summed E-state index contributed by atoms with van der Waals surface area (Å²) in [6.07, 6.45) is 3.56. The van der Waals surface area contributed by atoms with Gasteiger partial charge in [-0.25, -0.2) is 9.97 Å². The number of hydrogen-bond acceptors (Lipinski definition) is 5. The number of piperazine rings is 1. The summed E-state index contributed by atoms with van der Waals surface area (Å²) in [5, 5.41) is 4.52. The zero-order valence-corrected chi connectivity index (χ0v) is 14.8. The predicted molar refractivity (Wildman–Crippen MR) is 102 cm³/mol. The molecule has 1 aliphatic heterocycles. The van der Waals surface area contributed by atoms with Crippen LogP contribution in [0.3, 0.4) is 0 Å². The number of furan rings is 1. The van der Waals surface area contributed by atoms with Crippen LogP contribution in [0.5, 0.6) is 0 Å². The zero-order valence-electron chi connectivity index (χ0n) is 14.8. The fourth-order valence-electron chi connectivity index (χ4n) is 3.20. The summed E-state index contributed by atoms with van der Waals surface area (Å²) in [6.45, 7) is 4.10. The van der Waals surface area contributed by atoms with Crippen LogP contribution in [0.2, 0.25) is 0 Å². The van der Waals surface area contributed by atoms with Gasteiger partial charge in [0.2, 0.25) is 5.95 Å². The van der Waals surface area contributed by atoms with Gasteiger partial charge in [0.15, 0.2) is 5.96 Å². The van der Waals surface area contributed by atoms with Crippen LogP contribution in [0.15, 0.2) is 58.2 Å². The van der Waals surface area contributed by atoms with E-state index in [9.17, 15) is 0 Å². The van der Waals surface area contributed by atoms with Gasteiger partial charge >= 0.3 is 0 Å². The number of nitrogens with one attached hydrogen (secondary N) is 1. The van der Waals surface area contributed by atoms with E-state index < -0.39 is 0 Å². The molecule has 1 aromatic carbocycles. The molecule has 1 fully saturated rings. The van der Waals surface area contributed by atoms with Crippen molar-refractivity contribution in [3.63, 3.8) is 0 Å². The molecule has 0 amide bonds. The van der Waals surface area contributed by atoms with Crippen LogP contribution >= 0.6 is 0 Å². The number of para-hydroxylation sites is 1. The van der Waals surface area contributed by atoms with Crippen molar-refractivity contribution >= 4 is 22.9 Å². The first-order valence-corrected chi connectivity index (χ1v) is 8.78. The number of guanidine groups is 1. The maximum atomic E-state index is 5.86. The molecule has 0 spiro atoms. The van der Waals surface area contributed by atoms with Crippen molar-refractivity contribution in [1.82, 2.24) is 20.2 Å². The molecule has 3 heterocycles. The lowest BCUT2D eigenvalue weighted by atomic mass is 10.2. The zero-order chi connectivity index (χ0) is 17.8. The second-order valence-electron chi connectivity index (χ2n) is 6.17. The topological polar surface area (TPSA) is 69.8 Å². The Kier molecular flexibility index (Phi) is 4.68. The fraction of sp³-hybridized carbons (Fsp3) is 0.316. The van der Waals surface area contributed by atoms with Crippen molar-refractivity contribution in [2.45, 2.75) is 6.54 Å². The standard InChI is InChI=1S/C19H22N6O/c1-20-18(23-14-16-13-15-5-2-3-6-17(15)26-16)24-9-11-25(12-10-24)19-21-7-4-8-22-19/h2-8,13H,9-12,14H2,1H3,(H,20,23). The van der Waals surface area contributed by atoms with Crippen LogP contribution in [0.4, 0.5) is 5.95 Å². The molecule has 2 aromatic heterocycles. The Morgan fingerprint density at radius 2 is 1.88 bits per heavy atom. The fourth-order valence-corrected chi connectivity index (χ4v) is 3.20. The Labute approximate surface area is 152 Å². The van der Waals surface area contributed by atoms with Crippen LogP contribution in [-0.4, -0.2) is 54.1 Å². The van der Waals surface area contributed by atoms with Crippen LogP contribution in [-0.2, 0) is 6.54 Å². The minimum atomic E-state index is 0.614. The molecule has 7 heteroatoms. The third-order valence-corrected chi connectivity index (χ3v) is 4.52. The Balaban J connectivity index is 1.35. The molecule has 3 aromatic rings. The van der Waals surface area contributed by atoms with Crippen molar-refractivity contribution < 1.29 is 4.42 Å². The second kappa shape index (κ2) is 7.43. The largest absolute Gasteiger partial charge is 0.459 e. The second-order valence-corrected chi connectivity index (χ2v) is 6.17. The predicted octanol–water partition coefficient (Wildman–Crippen LogP) is 2.12. The lowest BCUT2D eigenvalue weighted by Crippen LogP contribution is -2.52. The van der Waals surface area contributed by atoms with E-state index in [-0.39, 0.29) is 0 Å². The molecular weight excluding hydrogens is 328 g/mol. The van der Waals surface area contributed by atoms with Gasteiger partial charge in [0.25, 0.3) is 0 Å². The Morgan fingerprint density at radius 3 is 2.62 bits per heavy atom. The number of aliphatic imine (C=N–C) groups is 1. The molecular formula is C19H22N6O. The summed E-state index contributed by atoms with van der Waals surface area (Å²) in [4.78, 5) is 17.5. The molecule has 0 bridgehead atoms. The van der Waals surface area contributed by atoms with Gasteiger partial charge in [-0.3, -0.25) is 4.99 Å². The minimum absolute atomic E-state index is 0.614. The highest BCUT2D eigenvalue weighted by atomic mass is 16.3. The third kappa shape index (κ3) is 3.46. The van der Waals surface area contributed by atoms with Gasteiger partial charge in [0.1, 0.15) is 11.3 Å². The van der Waals surface area contributed by atoms with Gasteiger partial charge < -0.3 is 19.5 Å². The van der Waals surface area contributed by atoms with Crippen molar-refractivity contribution in [1.29, 1.82) is 0 Å². The highest BCUT2D eigenvalue weighted by molar-refractivity contribution is 5.81. The normalized spacial score (nSPS) is 15.5. The molecule has 1 saturated heterocycles. The van der Waals surface area contributed by atoms with E-state index >= 15 is 0 Å². The molecule has 1 aliphatic rings. The number of nitrogens with zero attached hydrogens (tertiary/aromatic N) is 5.